The number of fused-ring (bicyclic) bond motifs is 2. The number of hydrogen-bond acceptors (Lipinski definition) is 5. The van der Waals surface area contributed by atoms with E-state index >= 15 is 0 Å². The van der Waals surface area contributed by atoms with Gasteiger partial charge in [0, 0.05) is 30.5 Å². The van der Waals surface area contributed by atoms with Crippen molar-refractivity contribution in [1.29, 1.82) is 0 Å². The third-order valence-electron chi connectivity index (χ3n) is 7.62. The molecule has 1 aliphatic carbocycles. The molecule has 0 spiro atoms. The third kappa shape index (κ3) is 4.47. The molecule has 6 heteroatoms. The lowest BCUT2D eigenvalue weighted by molar-refractivity contribution is -0.142. The molecule has 0 bridgehead atoms. The van der Waals surface area contributed by atoms with Crippen LogP contribution in [0.2, 0.25) is 0 Å². The van der Waals surface area contributed by atoms with Gasteiger partial charge in [0.05, 0.1) is 17.6 Å². The van der Waals surface area contributed by atoms with E-state index in [0.29, 0.717) is 43.0 Å². The van der Waals surface area contributed by atoms with Crippen molar-refractivity contribution in [2.45, 2.75) is 57.7 Å². The normalized spacial score (nSPS) is 22.4. The van der Waals surface area contributed by atoms with Gasteiger partial charge in [-0.05, 0) is 49.4 Å². The molecule has 1 aliphatic heterocycles. The number of ether oxygens (including phenoxy) is 1. The Morgan fingerprint density at radius 2 is 2.00 bits per heavy atom. The molecular formula is C28H31NO5. The van der Waals surface area contributed by atoms with Crippen LogP contribution < -0.4 is 10.4 Å². The first kappa shape index (κ1) is 22.7. The van der Waals surface area contributed by atoms with Gasteiger partial charge in [-0.15, -0.1) is 0 Å². The predicted octanol–water partition coefficient (Wildman–Crippen LogP) is 4.38. The molecule has 34 heavy (non-hydrogen) atoms. The van der Waals surface area contributed by atoms with Gasteiger partial charge in [-0.1, -0.05) is 43.2 Å². The maximum absolute atomic E-state index is 13.1. The summed E-state index contributed by atoms with van der Waals surface area (Å²) in [6.07, 6.45) is 4.55. The highest BCUT2D eigenvalue weighted by Gasteiger charge is 2.43. The van der Waals surface area contributed by atoms with Crippen LogP contribution in [0.15, 0.2) is 57.7 Å². The number of likely N-dealkylation sites (tertiary alicyclic amines) is 1. The summed E-state index contributed by atoms with van der Waals surface area (Å²) in [7, 11) is 0. The van der Waals surface area contributed by atoms with Crippen LogP contribution in [-0.2, 0) is 17.8 Å². The predicted molar refractivity (Wildman–Crippen MR) is 130 cm³/mol. The number of hydrogen-bond donors (Lipinski definition) is 1. The first-order valence-corrected chi connectivity index (χ1v) is 12.2. The second-order valence-corrected chi connectivity index (χ2v) is 9.74. The van der Waals surface area contributed by atoms with E-state index < -0.39 is 11.2 Å². The Kier molecular flexibility index (Phi) is 6.17. The number of piperidine rings is 1. The SMILES string of the molecule is Cc1c(CC(=O)N2CC[C@@]3(O)CCCC[C@H]3C2)c(=O)oc2cc(OCc3ccccc3)ccc12. The number of nitrogens with zero attached hydrogens (tertiary/aromatic N) is 1. The van der Waals surface area contributed by atoms with Crippen LogP contribution >= 0.6 is 0 Å². The van der Waals surface area contributed by atoms with Crippen molar-refractivity contribution in [1.82, 2.24) is 4.90 Å². The zero-order chi connectivity index (χ0) is 23.7. The van der Waals surface area contributed by atoms with Gasteiger partial charge in [0.25, 0.3) is 0 Å². The number of carbonyl (C=O) groups excluding carboxylic acids is 1. The van der Waals surface area contributed by atoms with Crippen LogP contribution in [0.4, 0.5) is 0 Å². The van der Waals surface area contributed by atoms with Crippen LogP contribution in [0.3, 0.4) is 0 Å². The molecule has 1 amide bonds. The van der Waals surface area contributed by atoms with Gasteiger partial charge in [-0.25, -0.2) is 4.79 Å². The molecule has 6 nitrogen and oxygen atoms in total. The summed E-state index contributed by atoms with van der Waals surface area (Å²) >= 11 is 0. The van der Waals surface area contributed by atoms with Gasteiger partial charge >= 0.3 is 5.63 Å². The molecule has 3 aromatic rings. The molecule has 2 aliphatic rings. The number of amides is 1. The average Bonchev–Trinajstić information content (AvgIpc) is 2.85. The second-order valence-electron chi connectivity index (χ2n) is 9.74. The lowest BCUT2D eigenvalue weighted by atomic mass is 9.71. The van der Waals surface area contributed by atoms with Gasteiger partial charge in [0.2, 0.25) is 5.91 Å². The first-order valence-electron chi connectivity index (χ1n) is 12.2. The maximum Gasteiger partial charge on any atom is 0.340 e. The van der Waals surface area contributed by atoms with Crippen molar-refractivity contribution in [3.8, 4) is 5.75 Å². The van der Waals surface area contributed by atoms with E-state index in [1.54, 1.807) is 6.07 Å². The summed E-state index contributed by atoms with van der Waals surface area (Å²) in [6, 6.07) is 15.3. The van der Waals surface area contributed by atoms with E-state index in [4.69, 9.17) is 9.15 Å². The number of benzene rings is 2. The number of aliphatic hydroxyl groups is 1. The molecule has 1 saturated heterocycles. The Balaban J connectivity index is 1.31. The minimum Gasteiger partial charge on any atom is -0.489 e. The summed E-state index contributed by atoms with van der Waals surface area (Å²) < 4.78 is 11.5. The van der Waals surface area contributed by atoms with Crippen molar-refractivity contribution >= 4 is 16.9 Å². The Bertz CT molecular complexity index is 1250. The summed E-state index contributed by atoms with van der Waals surface area (Å²) in [6.45, 7) is 3.39. The van der Waals surface area contributed by atoms with Gasteiger partial charge in [-0.3, -0.25) is 4.79 Å². The summed E-state index contributed by atoms with van der Waals surface area (Å²) in [4.78, 5) is 27.7. The highest BCUT2D eigenvalue weighted by Crippen LogP contribution is 2.40. The Morgan fingerprint density at radius 1 is 1.18 bits per heavy atom. The number of carbonyl (C=O) groups is 1. The van der Waals surface area contributed by atoms with Crippen LogP contribution in [0.25, 0.3) is 11.0 Å². The molecule has 2 aromatic carbocycles. The fraction of sp³-hybridized carbons (Fsp3) is 0.429. The summed E-state index contributed by atoms with van der Waals surface area (Å²) in [5.41, 5.74) is 1.56. The average molecular weight is 462 g/mol. The third-order valence-corrected chi connectivity index (χ3v) is 7.62. The molecule has 1 aromatic heterocycles. The molecule has 1 saturated carbocycles. The van der Waals surface area contributed by atoms with Crippen molar-refractivity contribution in [2.24, 2.45) is 5.92 Å². The Morgan fingerprint density at radius 3 is 2.82 bits per heavy atom. The molecule has 0 unspecified atom stereocenters. The summed E-state index contributed by atoms with van der Waals surface area (Å²) in [5, 5.41) is 11.7. The maximum atomic E-state index is 13.1. The molecule has 178 valence electrons. The molecular weight excluding hydrogens is 430 g/mol. The van der Waals surface area contributed by atoms with Crippen molar-refractivity contribution < 1.29 is 19.1 Å². The molecule has 2 atom stereocenters. The Hall–Kier alpha value is -3.12. The van der Waals surface area contributed by atoms with E-state index in [2.05, 4.69) is 0 Å². The van der Waals surface area contributed by atoms with Crippen LogP contribution in [-0.4, -0.2) is 34.6 Å². The number of aryl methyl sites for hydroxylation is 1. The quantitative estimate of drug-likeness (QED) is 0.571. The minimum atomic E-state index is -0.632. The number of rotatable bonds is 5. The fourth-order valence-corrected chi connectivity index (χ4v) is 5.47. The smallest absolute Gasteiger partial charge is 0.340 e. The van der Waals surface area contributed by atoms with E-state index in [0.717, 1.165) is 42.2 Å². The molecule has 2 fully saturated rings. The van der Waals surface area contributed by atoms with Crippen LogP contribution in [0.1, 0.15) is 48.8 Å². The zero-order valence-electron chi connectivity index (χ0n) is 19.6. The molecule has 5 rings (SSSR count). The first-order chi connectivity index (χ1) is 16.4. The van der Waals surface area contributed by atoms with Gasteiger partial charge < -0.3 is 19.2 Å². The zero-order valence-corrected chi connectivity index (χ0v) is 19.6. The Labute approximate surface area is 199 Å². The monoisotopic (exact) mass is 461 g/mol. The van der Waals surface area contributed by atoms with Crippen molar-refractivity contribution in [3.63, 3.8) is 0 Å². The molecule has 1 N–H and O–H groups in total. The highest BCUT2D eigenvalue weighted by atomic mass is 16.5. The topological polar surface area (TPSA) is 80.0 Å². The lowest BCUT2D eigenvalue weighted by Gasteiger charge is -2.47. The fourth-order valence-electron chi connectivity index (χ4n) is 5.47. The van der Waals surface area contributed by atoms with Crippen molar-refractivity contribution in [3.05, 3.63) is 75.6 Å². The van der Waals surface area contributed by atoms with E-state index in [1.165, 1.54) is 0 Å². The van der Waals surface area contributed by atoms with Crippen LogP contribution in [0, 0.1) is 12.8 Å². The van der Waals surface area contributed by atoms with E-state index in [-0.39, 0.29) is 18.2 Å². The lowest BCUT2D eigenvalue weighted by Crippen LogP contribution is -2.55. The minimum absolute atomic E-state index is 0.0154. The molecule has 2 heterocycles. The van der Waals surface area contributed by atoms with Gasteiger partial charge in [-0.2, -0.15) is 0 Å². The highest BCUT2D eigenvalue weighted by molar-refractivity contribution is 5.85. The van der Waals surface area contributed by atoms with Crippen LogP contribution in [0.5, 0.6) is 5.75 Å². The van der Waals surface area contributed by atoms with Gasteiger partial charge in [0.1, 0.15) is 17.9 Å². The molecule has 0 radical (unpaired) electrons. The summed E-state index contributed by atoms with van der Waals surface area (Å²) in [5.74, 6) is 0.670. The van der Waals surface area contributed by atoms with Gasteiger partial charge in [0.15, 0.2) is 0 Å². The van der Waals surface area contributed by atoms with E-state index in [1.807, 2.05) is 54.3 Å². The van der Waals surface area contributed by atoms with Crippen molar-refractivity contribution in [2.75, 3.05) is 13.1 Å². The standard InChI is InChI=1S/C28H31NO5/c1-19-23-11-10-22(33-18-20-7-3-2-4-8-20)15-25(23)34-27(31)24(19)16-26(30)29-14-13-28(32)12-6-5-9-21(28)17-29/h2-4,7-8,10-11,15,21,32H,5-6,9,12-14,16-18H2,1H3/t21-,28-/m0/s1. The largest absolute Gasteiger partial charge is 0.489 e. The second kappa shape index (κ2) is 9.26. The van der Waals surface area contributed by atoms with E-state index in [9.17, 15) is 14.7 Å².